The maximum absolute atomic E-state index is 11.8. The number of benzene rings is 1. The fourth-order valence-corrected chi connectivity index (χ4v) is 4.10. The number of aromatic carboxylic acids is 1. The van der Waals surface area contributed by atoms with Crippen LogP contribution >= 0.6 is 0 Å². The van der Waals surface area contributed by atoms with Gasteiger partial charge in [0.05, 0.1) is 29.9 Å². The van der Waals surface area contributed by atoms with Crippen molar-refractivity contribution in [1.29, 1.82) is 0 Å². The summed E-state index contributed by atoms with van der Waals surface area (Å²) in [6.07, 6.45) is 0.913. The molecule has 2 N–H and O–H groups in total. The standard InChI is InChI=1S/C11H15NO7S2/c1-19-8-3-4-9(11(13)14)10(7-8)12-21(17,18)6-5-20(2,15)16/h3-4,7,12H,5-6H2,1-2H3,(H,13,14). The van der Waals surface area contributed by atoms with Crippen molar-refractivity contribution in [2.24, 2.45) is 0 Å². The van der Waals surface area contributed by atoms with E-state index in [0.29, 0.717) is 0 Å². The molecule has 0 unspecified atom stereocenters. The molecule has 1 aromatic carbocycles. The number of methoxy groups -OCH3 is 1. The van der Waals surface area contributed by atoms with Crippen LogP contribution in [0, 0.1) is 0 Å². The predicted octanol–water partition coefficient (Wildman–Crippen LogP) is 0.180. The summed E-state index contributed by atoms with van der Waals surface area (Å²) in [6.45, 7) is 0. The third kappa shape index (κ3) is 5.60. The first-order chi connectivity index (χ1) is 9.54. The lowest BCUT2D eigenvalue weighted by Crippen LogP contribution is -2.23. The van der Waals surface area contributed by atoms with Crippen molar-refractivity contribution < 1.29 is 31.5 Å². The van der Waals surface area contributed by atoms with E-state index in [9.17, 15) is 21.6 Å². The third-order valence-corrected chi connectivity index (χ3v) is 4.92. The maximum Gasteiger partial charge on any atom is 0.337 e. The lowest BCUT2D eigenvalue weighted by Gasteiger charge is -2.11. The third-order valence-electron chi connectivity index (χ3n) is 2.45. The second-order valence-corrected chi connectivity index (χ2v) is 8.37. The molecular formula is C11H15NO7S2. The van der Waals surface area contributed by atoms with Crippen molar-refractivity contribution in [3.63, 3.8) is 0 Å². The van der Waals surface area contributed by atoms with E-state index in [2.05, 4.69) is 4.72 Å². The highest BCUT2D eigenvalue weighted by Gasteiger charge is 2.19. The number of nitrogens with one attached hydrogen (secondary N) is 1. The zero-order valence-electron chi connectivity index (χ0n) is 11.4. The zero-order valence-corrected chi connectivity index (χ0v) is 13.0. The molecule has 0 spiro atoms. The largest absolute Gasteiger partial charge is 0.497 e. The van der Waals surface area contributed by atoms with Crippen LogP contribution in [0.3, 0.4) is 0 Å². The van der Waals surface area contributed by atoms with Crippen LogP contribution in [0.2, 0.25) is 0 Å². The summed E-state index contributed by atoms with van der Waals surface area (Å²) < 4.78 is 52.6. The SMILES string of the molecule is COc1ccc(C(=O)O)c(NS(=O)(=O)CCS(C)(=O)=O)c1. The van der Waals surface area contributed by atoms with Crippen LogP contribution in [-0.2, 0) is 19.9 Å². The first-order valence-corrected chi connectivity index (χ1v) is 9.35. The van der Waals surface area contributed by atoms with Gasteiger partial charge in [0.25, 0.3) is 0 Å². The molecule has 0 radical (unpaired) electrons. The highest BCUT2D eigenvalue weighted by Crippen LogP contribution is 2.23. The number of carbonyl (C=O) groups is 1. The Balaban J connectivity index is 3.07. The summed E-state index contributed by atoms with van der Waals surface area (Å²) in [7, 11) is -6.10. The van der Waals surface area contributed by atoms with Gasteiger partial charge in [-0.15, -0.1) is 0 Å². The van der Waals surface area contributed by atoms with E-state index >= 15 is 0 Å². The van der Waals surface area contributed by atoms with Gasteiger partial charge in [0.1, 0.15) is 15.6 Å². The Morgan fingerprint density at radius 1 is 1.24 bits per heavy atom. The lowest BCUT2D eigenvalue weighted by atomic mass is 10.2. The lowest BCUT2D eigenvalue weighted by molar-refractivity contribution is 0.0698. The van der Waals surface area contributed by atoms with Gasteiger partial charge < -0.3 is 9.84 Å². The van der Waals surface area contributed by atoms with Crippen LogP contribution in [0.25, 0.3) is 0 Å². The minimum absolute atomic E-state index is 0.185. The quantitative estimate of drug-likeness (QED) is 0.726. The molecule has 0 aliphatic carbocycles. The van der Waals surface area contributed by atoms with Gasteiger partial charge >= 0.3 is 5.97 Å². The summed E-state index contributed by atoms with van der Waals surface area (Å²) in [4.78, 5) is 11.1. The fraction of sp³-hybridized carbons (Fsp3) is 0.364. The first kappa shape index (κ1) is 17.2. The average Bonchev–Trinajstić information content (AvgIpc) is 2.35. The Morgan fingerprint density at radius 3 is 2.33 bits per heavy atom. The Morgan fingerprint density at radius 2 is 1.86 bits per heavy atom. The number of carboxylic acids is 1. The van der Waals surface area contributed by atoms with Crippen molar-refractivity contribution >= 4 is 31.5 Å². The van der Waals surface area contributed by atoms with Crippen LogP contribution in [0.1, 0.15) is 10.4 Å². The summed E-state index contributed by atoms with van der Waals surface area (Å²) in [5.74, 6) is -2.28. The highest BCUT2D eigenvalue weighted by atomic mass is 32.2. The minimum atomic E-state index is -4.00. The zero-order chi connectivity index (χ0) is 16.3. The molecule has 1 rings (SSSR count). The number of hydrogen-bond acceptors (Lipinski definition) is 6. The van der Waals surface area contributed by atoms with Crippen molar-refractivity contribution in [3.8, 4) is 5.75 Å². The Bertz CT molecular complexity index is 738. The van der Waals surface area contributed by atoms with E-state index in [1.165, 1.54) is 25.3 Å². The molecule has 0 saturated carbocycles. The summed E-state index contributed by atoms with van der Waals surface area (Å²) in [5.41, 5.74) is -0.450. The number of rotatable bonds is 7. The molecule has 0 saturated heterocycles. The summed E-state index contributed by atoms with van der Waals surface area (Å²) >= 11 is 0. The molecule has 0 aliphatic rings. The van der Waals surface area contributed by atoms with Crippen LogP contribution < -0.4 is 9.46 Å². The second kappa shape index (κ2) is 6.31. The molecule has 0 fully saturated rings. The summed E-state index contributed by atoms with van der Waals surface area (Å²) in [5, 5.41) is 9.01. The van der Waals surface area contributed by atoms with Crippen molar-refractivity contribution in [2.45, 2.75) is 0 Å². The normalized spacial score (nSPS) is 11.9. The monoisotopic (exact) mass is 337 g/mol. The van der Waals surface area contributed by atoms with Gasteiger partial charge in [0, 0.05) is 12.3 Å². The molecule has 118 valence electrons. The van der Waals surface area contributed by atoms with Gasteiger partial charge in [0.15, 0.2) is 0 Å². The molecule has 0 bridgehead atoms. The van der Waals surface area contributed by atoms with Gasteiger partial charge in [-0.25, -0.2) is 21.6 Å². The van der Waals surface area contributed by atoms with Crippen molar-refractivity contribution in [2.75, 3.05) is 29.6 Å². The van der Waals surface area contributed by atoms with E-state index in [1.807, 2.05) is 0 Å². The number of ether oxygens (including phenoxy) is 1. The van der Waals surface area contributed by atoms with Crippen LogP contribution in [0.5, 0.6) is 5.75 Å². The van der Waals surface area contributed by atoms with E-state index in [0.717, 1.165) is 6.26 Å². The molecule has 21 heavy (non-hydrogen) atoms. The van der Waals surface area contributed by atoms with Crippen molar-refractivity contribution in [3.05, 3.63) is 23.8 Å². The molecule has 0 amide bonds. The van der Waals surface area contributed by atoms with Crippen LogP contribution in [-0.4, -0.2) is 52.8 Å². The van der Waals surface area contributed by atoms with E-state index < -0.39 is 37.3 Å². The Kier molecular flexibility index (Phi) is 5.18. The number of sulfone groups is 1. The topological polar surface area (TPSA) is 127 Å². The molecule has 10 heteroatoms. The minimum Gasteiger partial charge on any atom is -0.497 e. The van der Waals surface area contributed by atoms with Crippen molar-refractivity contribution in [1.82, 2.24) is 0 Å². The summed E-state index contributed by atoms with van der Waals surface area (Å²) in [6, 6.07) is 3.77. The second-order valence-electron chi connectivity index (χ2n) is 4.27. The average molecular weight is 337 g/mol. The van der Waals surface area contributed by atoms with Gasteiger partial charge in [0.2, 0.25) is 10.0 Å². The molecule has 0 aliphatic heterocycles. The van der Waals surface area contributed by atoms with Gasteiger partial charge in [-0.05, 0) is 12.1 Å². The van der Waals surface area contributed by atoms with E-state index in [-0.39, 0.29) is 17.0 Å². The number of hydrogen-bond donors (Lipinski definition) is 2. The molecule has 0 heterocycles. The number of carboxylic acid groups (broad SMARTS) is 1. The van der Waals surface area contributed by atoms with Crippen LogP contribution in [0.4, 0.5) is 5.69 Å². The smallest absolute Gasteiger partial charge is 0.337 e. The van der Waals surface area contributed by atoms with E-state index in [1.54, 1.807) is 0 Å². The molecule has 8 nitrogen and oxygen atoms in total. The Labute approximate surface area is 122 Å². The Hall–Kier alpha value is -1.81. The molecule has 0 atom stereocenters. The fourth-order valence-electron chi connectivity index (χ4n) is 1.40. The van der Waals surface area contributed by atoms with Crippen LogP contribution in [0.15, 0.2) is 18.2 Å². The van der Waals surface area contributed by atoms with Gasteiger partial charge in [-0.3, -0.25) is 4.72 Å². The number of anilines is 1. The van der Waals surface area contributed by atoms with Gasteiger partial charge in [-0.2, -0.15) is 0 Å². The van der Waals surface area contributed by atoms with Gasteiger partial charge in [-0.1, -0.05) is 0 Å². The number of sulfonamides is 1. The maximum atomic E-state index is 11.8. The predicted molar refractivity (Wildman–Crippen MR) is 77.1 cm³/mol. The van der Waals surface area contributed by atoms with E-state index in [4.69, 9.17) is 9.84 Å². The highest BCUT2D eigenvalue weighted by molar-refractivity contribution is 7.95. The molecule has 0 aromatic heterocycles. The molecular weight excluding hydrogens is 322 g/mol. The molecule has 1 aromatic rings. The first-order valence-electron chi connectivity index (χ1n) is 5.63.